The largest absolute Gasteiger partial charge is 0.352 e. The highest BCUT2D eigenvalue weighted by Crippen LogP contribution is 2.41. The third kappa shape index (κ3) is 4.37. The zero-order valence-electron chi connectivity index (χ0n) is 18.6. The average Bonchev–Trinajstić information content (AvgIpc) is 3.23. The molecule has 0 saturated carbocycles. The molecule has 2 aromatic heterocycles. The van der Waals surface area contributed by atoms with E-state index in [4.69, 9.17) is 35.4 Å². The second kappa shape index (κ2) is 9.40. The predicted octanol–water partition coefficient (Wildman–Crippen LogP) is 5.33. The van der Waals surface area contributed by atoms with Crippen molar-refractivity contribution in [3.63, 3.8) is 0 Å². The van der Waals surface area contributed by atoms with E-state index in [0.717, 1.165) is 41.0 Å². The van der Waals surface area contributed by atoms with Gasteiger partial charge in [-0.15, -0.1) is 0 Å². The third-order valence-corrected chi connectivity index (χ3v) is 6.82. The Kier molecular flexibility index (Phi) is 6.77. The molecule has 0 radical (unpaired) electrons. The van der Waals surface area contributed by atoms with Crippen LogP contribution in [0.3, 0.4) is 0 Å². The second-order valence-corrected chi connectivity index (χ2v) is 9.61. The first-order valence-corrected chi connectivity index (χ1v) is 11.7. The van der Waals surface area contributed by atoms with Crippen LogP contribution in [-0.4, -0.2) is 51.6 Å². The fourth-order valence-corrected chi connectivity index (χ4v) is 5.24. The van der Waals surface area contributed by atoms with E-state index in [9.17, 15) is 0 Å². The molecule has 1 saturated heterocycles. The molecular weight excluding hydrogens is 461 g/mol. The minimum atomic E-state index is -0.0412. The molecule has 3 heterocycles. The maximum atomic E-state index is 6.57. The lowest BCUT2D eigenvalue weighted by Crippen LogP contribution is -2.35. The Morgan fingerprint density at radius 3 is 2.56 bits per heavy atom. The van der Waals surface area contributed by atoms with Crippen LogP contribution in [0.5, 0.6) is 0 Å². The fraction of sp³-hybridized carbons (Fsp3) is 0.333. The van der Waals surface area contributed by atoms with E-state index in [1.54, 1.807) is 6.07 Å². The van der Waals surface area contributed by atoms with Gasteiger partial charge in [-0.3, -0.25) is 4.98 Å². The minimum Gasteiger partial charge on any atom is -0.352 e. The van der Waals surface area contributed by atoms with E-state index in [1.165, 1.54) is 5.56 Å². The summed E-state index contributed by atoms with van der Waals surface area (Å²) in [5, 5.41) is 5.53. The molecule has 1 fully saturated rings. The Bertz CT molecular complexity index is 1130. The van der Waals surface area contributed by atoms with Crippen molar-refractivity contribution in [1.82, 2.24) is 24.7 Å². The molecule has 32 heavy (non-hydrogen) atoms. The first-order valence-electron chi connectivity index (χ1n) is 10.5. The lowest BCUT2D eigenvalue weighted by Gasteiger charge is -2.29. The molecule has 0 bridgehead atoms. The number of pyridine rings is 1. The molecule has 5 nitrogen and oxygen atoms in total. The molecular formula is C24H27Cl2N5S. The van der Waals surface area contributed by atoms with Gasteiger partial charge >= 0.3 is 0 Å². The Labute approximate surface area is 204 Å². The van der Waals surface area contributed by atoms with Crippen LogP contribution in [0.4, 0.5) is 0 Å². The van der Waals surface area contributed by atoms with Gasteiger partial charge in [0, 0.05) is 35.7 Å². The van der Waals surface area contributed by atoms with Crippen LogP contribution >= 0.6 is 35.4 Å². The van der Waals surface area contributed by atoms with Crippen LogP contribution in [0.15, 0.2) is 48.7 Å². The Morgan fingerprint density at radius 1 is 1.12 bits per heavy atom. The first-order chi connectivity index (χ1) is 15.3. The number of nitrogens with one attached hydrogen (secondary N) is 1. The summed E-state index contributed by atoms with van der Waals surface area (Å²) in [6.07, 6.45) is 1.83. The van der Waals surface area contributed by atoms with Gasteiger partial charge in [0.15, 0.2) is 5.11 Å². The number of hydrogen-bond donors (Lipinski definition) is 1. The van der Waals surface area contributed by atoms with Gasteiger partial charge in [-0.2, -0.15) is 0 Å². The highest BCUT2D eigenvalue weighted by atomic mass is 35.5. The van der Waals surface area contributed by atoms with Crippen molar-refractivity contribution in [2.75, 3.05) is 27.2 Å². The van der Waals surface area contributed by atoms with Crippen molar-refractivity contribution in [2.24, 2.45) is 0 Å². The van der Waals surface area contributed by atoms with E-state index < -0.39 is 0 Å². The van der Waals surface area contributed by atoms with Gasteiger partial charge in [0.1, 0.15) is 0 Å². The van der Waals surface area contributed by atoms with Gasteiger partial charge in [0.2, 0.25) is 0 Å². The molecule has 2 atom stereocenters. The number of benzene rings is 1. The highest BCUT2D eigenvalue weighted by Gasteiger charge is 2.41. The number of aromatic nitrogens is 2. The van der Waals surface area contributed by atoms with Gasteiger partial charge in [-0.25, -0.2) is 0 Å². The van der Waals surface area contributed by atoms with E-state index in [0.29, 0.717) is 10.0 Å². The topological polar surface area (TPSA) is 36.3 Å². The Balaban J connectivity index is 1.82. The van der Waals surface area contributed by atoms with Crippen molar-refractivity contribution in [2.45, 2.75) is 25.9 Å². The molecule has 168 valence electrons. The van der Waals surface area contributed by atoms with E-state index in [-0.39, 0.29) is 12.1 Å². The molecule has 8 heteroatoms. The van der Waals surface area contributed by atoms with Crippen LogP contribution in [-0.2, 0) is 0 Å². The van der Waals surface area contributed by atoms with Gasteiger partial charge in [-0.05, 0) is 82.1 Å². The quantitative estimate of drug-likeness (QED) is 0.475. The summed E-state index contributed by atoms with van der Waals surface area (Å²) >= 11 is 18.5. The van der Waals surface area contributed by atoms with Crippen LogP contribution in [0.2, 0.25) is 10.0 Å². The summed E-state index contributed by atoms with van der Waals surface area (Å²) in [5.74, 6) is 0. The molecule has 0 unspecified atom stereocenters. The standard InChI is InChI=1S/C24H27Cl2N5S/c1-15-13-18(16(2)31(15)21-9-8-17(25)14-19(21)26)23-22(20-7-5-6-10-27-20)28-24(32)30(23)12-11-29(3)4/h5-10,13-14,22-23H,11-12H2,1-4H3,(H,28,32)/t22-,23-/m1/s1. The minimum absolute atomic E-state index is 0.0170. The molecule has 4 rings (SSSR count). The number of hydrogen-bond acceptors (Lipinski definition) is 3. The second-order valence-electron chi connectivity index (χ2n) is 8.38. The summed E-state index contributed by atoms with van der Waals surface area (Å²) in [6.45, 7) is 5.95. The number of nitrogens with zero attached hydrogens (tertiary/aromatic N) is 4. The van der Waals surface area contributed by atoms with Gasteiger partial charge in [0.25, 0.3) is 0 Å². The fourth-order valence-electron chi connectivity index (χ4n) is 4.41. The van der Waals surface area contributed by atoms with E-state index in [2.05, 4.69) is 64.7 Å². The van der Waals surface area contributed by atoms with Gasteiger partial charge < -0.3 is 19.7 Å². The number of aryl methyl sites for hydroxylation is 1. The molecule has 3 aromatic rings. The normalized spacial score (nSPS) is 18.5. The van der Waals surface area contributed by atoms with Crippen molar-refractivity contribution in [1.29, 1.82) is 0 Å². The average molecular weight is 488 g/mol. The molecule has 1 aliphatic rings. The maximum absolute atomic E-state index is 6.57. The van der Waals surface area contributed by atoms with Crippen molar-refractivity contribution in [3.8, 4) is 5.69 Å². The number of likely N-dealkylation sites (N-methyl/N-ethyl adjacent to an activating group) is 1. The Morgan fingerprint density at radius 2 is 1.91 bits per heavy atom. The zero-order chi connectivity index (χ0) is 23.0. The predicted molar refractivity (Wildman–Crippen MR) is 136 cm³/mol. The third-order valence-electron chi connectivity index (χ3n) is 5.93. The summed E-state index contributed by atoms with van der Waals surface area (Å²) < 4.78 is 2.19. The molecule has 1 aliphatic heterocycles. The SMILES string of the molecule is Cc1cc([C@@H]2[C@@H](c3ccccn3)NC(=S)N2CCN(C)C)c(C)n1-c1ccc(Cl)cc1Cl. The molecule has 0 spiro atoms. The van der Waals surface area contributed by atoms with Crippen molar-refractivity contribution in [3.05, 3.63) is 81.4 Å². The smallest absolute Gasteiger partial charge is 0.170 e. The van der Waals surface area contributed by atoms with E-state index in [1.807, 2.05) is 30.5 Å². The molecule has 0 amide bonds. The summed E-state index contributed by atoms with van der Waals surface area (Å²) in [5.41, 5.74) is 5.32. The van der Waals surface area contributed by atoms with Gasteiger partial charge in [-0.1, -0.05) is 29.3 Å². The van der Waals surface area contributed by atoms with Crippen LogP contribution in [0.1, 0.15) is 34.7 Å². The molecule has 1 N–H and O–H groups in total. The molecule has 1 aromatic carbocycles. The van der Waals surface area contributed by atoms with Crippen LogP contribution < -0.4 is 5.32 Å². The first kappa shape index (κ1) is 23.1. The Hall–Kier alpha value is -2.12. The van der Waals surface area contributed by atoms with Gasteiger partial charge in [0.05, 0.1) is 28.5 Å². The number of thiocarbonyl (C=S) groups is 1. The zero-order valence-corrected chi connectivity index (χ0v) is 21.0. The molecule has 0 aliphatic carbocycles. The summed E-state index contributed by atoms with van der Waals surface area (Å²) in [7, 11) is 4.15. The van der Waals surface area contributed by atoms with Crippen molar-refractivity contribution < 1.29 is 0 Å². The lowest BCUT2D eigenvalue weighted by atomic mass is 9.97. The number of rotatable bonds is 6. The highest BCUT2D eigenvalue weighted by molar-refractivity contribution is 7.80. The van der Waals surface area contributed by atoms with Crippen LogP contribution in [0.25, 0.3) is 5.69 Å². The number of halogens is 2. The maximum Gasteiger partial charge on any atom is 0.170 e. The van der Waals surface area contributed by atoms with Crippen molar-refractivity contribution >= 4 is 40.5 Å². The summed E-state index contributed by atoms with van der Waals surface area (Å²) in [4.78, 5) is 9.09. The van der Waals surface area contributed by atoms with Crippen LogP contribution in [0, 0.1) is 13.8 Å². The summed E-state index contributed by atoms with van der Waals surface area (Å²) in [6, 6.07) is 13.8. The lowest BCUT2D eigenvalue weighted by molar-refractivity contribution is 0.277. The van der Waals surface area contributed by atoms with E-state index >= 15 is 0 Å². The monoisotopic (exact) mass is 487 g/mol.